The van der Waals surface area contributed by atoms with Gasteiger partial charge in [-0.2, -0.15) is 0 Å². The third kappa shape index (κ3) is 5.87. The summed E-state index contributed by atoms with van der Waals surface area (Å²) in [5.74, 6) is -1.15. The van der Waals surface area contributed by atoms with E-state index in [1.807, 2.05) is 0 Å². The zero-order valence-electron chi connectivity index (χ0n) is 5.64. The SMILES string of the molecule is N[C@@H](CCO[P+](=O)O)C(=O)O. The topological polar surface area (TPSA) is 110 Å². The van der Waals surface area contributed by atoms with Crippen molar-refractivity contribution in [3.8, 4) is 0 Å². The molecule has 0 aromatic carbocycles. The zero-order chi connectivity index (χ0) is 8.85. The third-order valence-electron chi connectivity index (χ3n) is 0.948. The highest BCUT2D eigenvalue weighted by molar-refractivity contribution is 7.32. The molecule has 0 amide bonds. The van der Waals surface area contributed by atoms with Gasteiger partial charge < -0.3 is 10.8 Å². The van der Waals surface area contributed by atoms with Crippen molar-refractivity contribution in [1.82, 2.24) is 0 Å². The van der Waals surface area contributed by atoms with E-state index in [1.165, 1.54) is 0 Å². The van der Waals surface area contributed by atoms with E-state index in [2.05, 4.69) is 4.52 Å². The Morgan fingerprint density at radius 3 is 2.64 bits per heavy atom. The van der Waals surface area contributed by atoms with Crippen LogP contribution in [0.25, 0.3) is 0 Å². The number of hydrogen-bond donors (Lipinski definition) is 3. The van der Waals surface area contributed by atoms with Crippen LogP contribution in [0.5, 0.6) is 0 Å². The summed E-state index contributed by atoms with van der Waals surface area (Å²) < 4.78 is 14.1. The third-order valence-corrected chi connectivity index (χ3v) is 1.35. The molecule has 0 rings (SSSR count). The van der Waals surface area contributed by atoms with Gasteiger partial charge in [-0.15, -0.1) is 9.42 Å². The van der Waals surface area contributed by atoms with Crippen molar-refractivity contribution in [2.45, 2.75) is 12.5 Å². The Balaban J connectivity index is 3.39. The summed E-state index contributed by atoms with van der Waals surface area (Å²) in [4.78, 5) is 18.2. The molecule has 7 heteroatoms. The summed E-state index contributed by atoms with van der Waals surface area (Å²) in [6.45, 7) is -0.126. The highest BCUT2D eigenvalue weighted by Crippen LogP contribution is 2.14. The number of aliphatic carboxylic acids is 1. The van der Waals surface area contributed by atoms with Gasteiger partial charge in [-0.1, -0.05) is 0 Å². The molecule has 0 aliphatic carbocycles. The van der Waals surface area contributed by atoms with Gasteiger partial charge in [0.15, 0.2) is 0 Å². The molecule has 0 radical (unpaired) electrons. The molecule has 1 unspecified atom stereocenters. The predicted molar refractivity (Wildman–Crippen MR) is 36.0 cm³/mol. The number of hydrogen-bond acceptors (Lipinski definition) is 4. The first-order chi connectivity index (χ1) is 5.04. The lowest BCUT2D eigenvalue weighted by Gasteiger charge is -2.00. The highest BCUT2D eigenvalue weighted by Gasteiger charge is 2.16. The molecule has 0 fully saturated rings. The molecule has 2 atom stereocenters. The van der Waals surface area contributed by atoms with Gasteiger partial charge in [0.25, 0.3) is 0 Å². The van der Waals surface area contributed by atoms with Crippen molar-refractivity contribution in [2.75, 3.05) is 6.61 Å². The van der Waals surface area contributed by atoms with Gasteiger partial charge in [0.1, 0.15) is 12.6 Å². The highest BCUT2D eigenvalue weighted by atomic mass is 31.1. The Labute approximate surface area is 63.9 Å². The fourth-order valence-corrected chi connectivity index (χ4v) is 0.643. The van der Waals surface area contributed by atoms with Crippen LogP contribution < -0.4 is 5.73 Å². The van der Waals surface area contributed by atoms with Crippen LogP contribution in [0.4, 0.5) is 0 Å². The molecule has 0 saturated carbocycles. The molecule has 0 aromatic rings. The van der Waals surface area contributed by atoms with Crippen molar-refractivity contribution >= 4 is 14.2 Å². The summed E-state index contributed by atoms with van der Waals surface area (Å²) >= 11 is 0. The standard InChI is InChI=1S/C4H8NO5P/c5-3(4(6)7)1-2-10-11(8)9/h3H,1-2,5H2,(H-,6,7,8,9)/p+1/t3-/m0/s1. The van der Waals surface area contributed by atoms with E-state index in [4.69, 9.17) is 15.7 Å². The number of carbonyl (C=O) groups is 1. The van der Waals surface area contributed by atoms with Crippen molar-refractivity contribution < 1.29 is 23.9 Å². The van der Waals surface area contributed by atoms with Crippen molar-refractivity contribution in [2.24, 2.45) is 5.73 Å². The normalized spacial score (nSPS) is 14.2. The Hall–Kier alpha value is -0.550. The van der Waals surface area contributed by atoms with Gasteiger partial charge in [0.2, 0.25) is 0 Å². The Bertz CT molecular complexity index is 161. The minimum atomic E-state index is -2.65. The van der Waals surface area contributed by atoms with Crippen LogP contribution in [0, 0.1) is 0 Å². The van der Waals surface area contributed by atoms with E-state index < -0.39 is 20.3 Å². The second kappa shape index (κ2) is 5.15. The predicted octanol–water partition coefficient (Wildman–Crippen LogP) is -0.545. The minimum Gasteiger partial charge on any atom is -0.480 e. The van der Waals surface area contributed by atoms with E-state index >= 15 is 0 Å². The lowest BCUT2D eigenvalue weighted by Crippen LogP contribution is -2.30. The Kier molecular flexibility index (Phi) is 4.89. The van der Waals surface area contributed by atoms with E-state index in [1.54, 1.807) is 0 Å². The summed E-state index contributed by atoms with van der Waals surface area (Å²) in [5, 5.41) is 8.23. The molecule has 0 aliphatic rings. The fraction of sp³-hybridized carbons (Fsp3) is 0.750. The average molecular weight is 182 g/mol. The Morgan fingerprint density at radius 1 is 1.73 bits per heavy atom. The van der Waals surface area contributed by atoms with Crippen LogP contribution >= 0.6 is 8.25 Å². The second-order valence-corrected chi connectivity index (χ2v) is 2.54. The van der Waals surface area contributed by atoms with E-state index in [0.717, 1.165) is 0 Å². The number of carboxylic acid groups (broad SMARTS) is 1. The molecule has 0 aromatic heterocycles. The monoisotopic (exact) mass is 182 g/mol. The maximum Gasteiger partial charge on any atom is 0.694 e. The maximum absolute atomic E-state index is 10.1. The average Bonchev–Trinajstić information content (AvgIpc) is 1.86. The first kappa shape index (κ1) is 10.4. The van der Waals surface area contributed by atoms with E-state index in [0.29, 0.717) is 0 Å². The Morgan fingerprint density at radius 2 is 2.27 bits per heavy atom. The molecule has 0 heterocycles. The maximum atomic E-state index is 10.1. The summed E-state index contributed by atoms with van der Waals surface area (Å²) in [7, 11) is -2.65. The van der Waals surface area contributed by atoms with Crippen LogP contribution in [0.3, 0.4) is 0 Å². The molecule has 0 spiro atoms. The molecular formula is C4H9NO5P+. The first-order valence-corrected chi connectivity index (χ1v) is 3.94. The minimum absolute atomic E-state index is 0.0248. The summed E-state index contributed by atoms with van der Waals surface area (Å²) in [6.07, 6.45) is 0.0248. The molecular weight excluding hydrogens is 173 g/mol. The van der Waals surface area contributed by atoms with Crippen LogP contribution in [0.2, 0.25) is 0 Å². The van der Waals surface area contributed by atoms with E-state index in [-0.39, 0.29) is 13.0 Å². The van der Waals surface area contributed by atoms with Crippen LogP contribution in [-0.2, 0) is 13.9 Å². The lowest BCUT2D eigenvalue weighted by molar-refractivity contribution is -0.138. The van der Waals surface area contributed by atoms with E-state index in [9.17, 15) is 9.36 Å². The summed E-state index contributed by atoms with van der Waals surface area (Å²) in [5.41, 5.74) is 5.05. The van der Waals surface area contributed by atoms with Crippen molar-refractivity contribution in [3.63, 3.8) is 0 Å². The van der Waals surface area contributed by atoms with Crippen LogP contribution in [0.1, 0.15) is 6.42 Å². The van der Waals surface area contributed by atoms with Crippen LogP contribution in [0.15, 0.2) is 0 Å². The molecule has 64 valence electrons. The lowest BCUT2D eigenvalue weighted by atomic mass is 10.2. The van der Waals surface area contributed by atoms with Gasteiger partial charge in [-0.25, -0.2) is 0 Å². The summed E-state index contributed by atoms with van der Waals surface area (Å²) in [6, 6.07) is -1.04. The molecule has 0 saturated heterocycles. The molecule has 4 N–H and O–H groups in total. The van der Waals surface area contributed by atoms with Gasteiger partial charge >= 0.3 is 14.2 Å². The number of nitrogens with two attached hydrogens (primary N) is 1. The fourth-order valence-electron chi connectivity index (χ4n) is 0.381. The smallest absolute Gasteiger partial charge is 0.480 e. The van der Waals surface area contributed by atoms with Gasteiger partial charge in [-0.05, 0) is 0 Å². The van der Waals surface area contributed by atoms with Crippen LogP contribution in [-0.4, -0.2) is 28.6 Å². The first-order valence-electron chi connectivity index (χ1n) is 2.81. The van der Waals surface area contributed by atoms with Gasteiger partial charge in [0.05, 0.1) is 0 Å². The number of carboxylic acids is 1. The second-order valence-electron chi connectivity index (χ2n) is 1.80. The quantitative estimate of drug-likeness (QED) is 0.492. The molecule has 11 heavy (non-hydrogen) atoms. The van der Waals surface area contributed by atoms with Gasteiger partial charge in [0, 0.05) is 11.0 Å². The van der Waals surface area contributed by atoms with Crippen molar-refractivity contribution in [1.29, 1.82) is 0 Å². The van der Waals surface area contributed by atoms with Crippen molar-refractivity contribution in [3.05, 3.63) is 0 Å². The number of rotatable bonds is 5. The van der Waals surface area contributed by atoms with Gasteiger partial charge in [-0.3, -0.25) is 4.79 Å². The largest absolute Gasteiger partial charge is 0.694 e. The molecule has 0 bridgehead atoms. The molecule has 6 nitrogen and oxygen atoms in total. The molecule has 0 aliphatic heterocycles. The zero-order valence-corrected chi connectivity index (χ0v) is 6.53.